The molecule has 0 bridgehead atoms. The molecule has 1 aromatic heterocycles. The average Bonchev–Trinajstić information content (AvgIpc) is 2.75. The summed E-state index contributed by atoms with van der Waals surface area (Å²) in [5.74, 6) is -0.684. The molecule has 0 saturated carbocycles. The second-order valence-corrected chi connectivity index (χ2v) is 3.54. The van der Waals surface area contributed by atoms with Crippen molar-refractivity contribution in [2.24, 2.45) is 5.92 Å². The highest BCUT2D eigenvalue weighted by atomic mass is 16.5. The summed E-state index contributed by atoms with van der Waals surface area (Å²) < 4.78 is 6.95. The van der Waals surface area contributed by atoms with Crippen LogP contribution in [0.15, 0.2) is 24.5 Å². The van der Waals surface area contributed by atoms with Crippen molar-refractivity contribution in [2.75, 3.05) is 13.2 Å². The standard InChI is InChI=1S/C10H13NO3/c12-10(13)9(8-3-6-14-7-8)11-4-1-2-5-11/h1-2,4-5,8-9H,3,6-7H2,(H,12,13)/t8-,9-/m0/s1. The van der Waals surface area contributed by atoms with E-state index in [2.05, 4.69) is 0 Å². The Morgan fingerprint density at radius 3 is 2.71 bits per heavy atom. The minimum absolute atomic E-state index is 0.0971. The Kier molecular flexibility index (Phi) is 2.54. The van der Waals surface area contributed by atoms with Gasteiger partial charge >= 0.3 is 5.97 Å². The van der Waals surface area contributed by atoms with Crippen molar-refractivity contribution < 1.29 is 14.6 Å². The highest BCUT2D eigenvalue weighted by molar-refractivity contribution is 5.72. The fourth-order valence-corrected chi connectivity index (χ4v) is 1.91. The molecule has 0 radical (unpaired) electrons. The zero-order valence-electron chi connectivity index (χ0n) is 7.80. The third-order valence-electron chi connectivity index (χ3n) is 2.61. The van der Waals surface area contributed by atoms with Crippen molar-refractivity contribution in [1.29, 1.82) is 0 Å². The van der Waals surface area contributed by atoms with Gasteiger partial charge in [0, 0.05) is 24.9 Å². The molecule has 1 aliphatic heterocycles. The largest absolute Gasteiger partial charge is 0.480 e. The maximum Gasteiger partial charge on any atom is 0.327 e. The van der Waals surface area contributed by atoms with Crippen molar-refractivity contribution in [2.45, 2.75) is 12.5 Å². The minimum atomic E-state index is -0.781. The van der Waals surface area contributed by atoms with E-state index in [0.29, 0.717) is 13.2 Å². The number of aromatic nitrogens is 1. The molecule has 4 heteroatoms. The lowest BCUT2D eigenvalue weighted by Crippen LogP contribution is -2.26. The highest BCUT2D eigenvalue weighted by Crippen LogP contribution is 2.26. The zero-order chi connectivity index (χ0) is 9.97. The van der Waals surface area contributed by atoms with Gasteiger partial charge in [-0.15, -0.1) is 0 Å². The summed E-state index contributed by atoms with van der Waals surface area (Å²) in [7, 11) is 0. The molecule has 2 rings (SSSR count). The van der Waals surface area contributed by atoms with E-state index in [9.17, 15) is 4.79 Å². The molecular formula is C10H13NO3. The molecule has 4 nitrogen and oxygen atoms in total. The first-order chi connectivity index (χ1) is 6.79. The summed E-state index contributed by atoms with van der Waals surface area (Å²) in [6, 6.07) is 3.20. The van der Waals surface area contributed by atoms with Gasteiger partial charge in [0.1, 0.15) is 6.04 Å². The quantitative estimate of drug-likeness (QED) is 0.787. The third kappa shape index (κ3) is 1.65. The third-order valence-corrected chi connectivity index (χ3v) is 2.61. The lowest BCUT2D eigenvalue weighted by atomic mass is 9.99. The summed E-state index contributed by atoms with van der Waals surface area (Å²) in [6.07, 6.45) is 4.41. The molecule has 76 valence electrons. The molecule has 1 saturated heterocycles. The summed E-state index contributed by atoms with van der Waals surface area (Å²) >= 11 is 0. The number of nitrogens with zero attached hydrogens (tertiary/aromatic N) is 1. The molecule has 1 aliphatic rings. The van der Waals surface area contributed by atoms with Crippen molar-refractivity contribution in [3.8, 4) is 0 Å². The average molecular weight is 195 g/mol. The molecule has 1 N–H and O–H groups in total. The van der Waals surface area contributed by atoms with Crippen LogP contribution in [0.1, 0.15) is 12.5 Å². The normalized spacial score (nSPS) is 23.6. The highest BCUT2D eigenvalue weighted by Gasteiger charge is 2.31. The van der Waals surface area contributed by atoms with Gasteiger partial charge in [-0.3, -0.25) is 0 Å². The maximum atomic E-state index is 11.1. The maximum absolute atomic E-state index is 11.1. The van der Waals surface area contributed by atoms with Crippen LogP contribution in [0.5, 0.6) is 0 Å². The van der Waals surface area contributed by atoms with Crippen LogP contribution in [0.3, 0.4) is 0 Å². The molecule has 1 fully saturated rings. The van der Waals surface area contributed by atoms with Crippen molar-refractivity contribution in [3.63, 3.8) is 0 Å². The molecule has 0 spiro atoms. The fourth-order valence-electron chi connectivity index (χ4n) is 1.91. The first-order valence-corrected chi connectivity index (χ1v) is 4.72. The smallest absolute Gasteiger partial charge is 0.327 e. The van der Waals surface area contributed by atoms with Crippen LogP contribution in [0.2, 0.25) is 0 Å². The van der Waals surface area contributed by atoms with Gasteiger partial charge < -0.3 is 14.4 Å². The molecule has 0 aromatic carbocycles. The predicted octanol–water partition coefficient (Wildman–Crippen LogP) is 1.15. The molecule has 0 unspecified atom stereocenters. The molecule has 2 atom stereocenters. The van der Waals surface area contributed by atoms with Gasteiger partial charge in [-0.1, -0.05) is 0 Å². The second-order valence-electron chi connectivity index (χ2n) is 3.54. The van der Waals surface area contributed by atoms with Crippen molar-refractivity contribution >= 4 is 5.97 Å². The van der Waals surface area contributed by atoms with E-state index in [4.69, 9.17) is 9.84 Å². The molecule has 2 heterocycles. The molecular weight excluding hydrogens is 182 g/mol. The van der Waals surface area contributed by atoms with E-state index in [1.54, 1.807) is 17.0 Å². The number of hydrogen-bond donors (Lipinski definition) is 1. The van der Waals surface area contributed by atoms with E-state index in [1.165, 1.54) is 0 Å². The van der Waals surface area contributed by atoms with Gasteiger partial charge in [0.15, 0.2) is 0 Å². The zero-order valence-corrected chi connectivity index (χ0v) is 7.80. The van der Waals surface area contributed by atoms with E-state index in [0.717, 1.165) is 6.42 Å². The minimum Gasteiger partial charge on any atom is -0.480 e. The monoisotopic (exact) mass is 195 g/mol. The summed E-state index contributed by atoms with van der Waals surface area (Å²) in [6.45, 7) is 1.23. The van der Waals surface area contributed by atoms with Crippen molar-refractivity contribution in [3.05, 3.63) is 24.5 Å². The van der Waals surface area contributed by atoms with Gasteiger partial charge in [0.25, 0.3) is 0 Å². The van der Waals surface area contributed by atoms with Crippen LogP contribution >= 0.6 is 0 Å². The number of carboxylic acids is 1. The number of ether oxygens (including phenoxy) is 1. The van der Waals surface area contributed by atoms with Crippen LogP contribution in [0.25, 0.3) is 0 Å². The molecule has 1 aromatic rings. The Morgan fingerprint density at radius 2 is 2.21 bits per heavy atom. The summed E-state index contributed by atoms with van der Waals surface area (Å²) in [5, 5.41) is 9.13. The van der Waals surface area contributed by atoms with E-state index < -0.39 is 12.0 Å². The van der Waals surface area contributed by atoms with Gasteiger partial charge in [0.2, 0.25) is 0 Å². The first-order valence-electron chi connectivity index (χ1n) is 4.72. The Balaban J connectivity index is 2.19. The SMILES string of the molecule is O=C(O)[C@H]([C@H]1CCOC1)n1cccc1. The van der Waals surface area contributed by atoms with Gasteiger partial charge in [-0.05, 0) is 18.6 Å². The van der Waals surface area contributed by atoms with Crippen LogP contribution in [-0.2, 0) is 9.53 Å². The van der Waals surface area contributed by atoms with E-state index in [1.807, 2.05) is 12.1 Å². The number of rotatable bonds is 3. The Labute approximate surface area is 82.1 Å². The van der Waals surface area contributed by atoms with E-state index in [-0.39, 0.29) is 5.92 Å². The molecule has 0 aliphatic carbocycles. The van der Waals surface area contributed by atoms with Gasteiger partial charge in [0.05, 0.1) is 6.61 Å². The molecule has 0 amide bonds. The van der Waals surface area contributed by atoms with E-state index >= 15 is 0 Å². The predicted molar refractivity (Wildman–Crippen MR) is 50.0 cm³/mol. The lowest BCUT2D eigenvalue weighted by Gasteiger charge is -2.19. The Bertz CT molecular complexity index is 301. The van der Waals surface area contributed by atoms with Gasteiger partial charge in [-0.2, -0.15) is 0 Å². The fraction of sp³-hybridized carbons (Fsp3) is 0.500. The number of carbonyl (C=O) groups is 1. The van der Waals surface area contributed by atoms with Crippen LogP contribution in [0, 0.1) is 5.92 Å². The summed E-state index contributed by atoms with van der Waals surface area (Å²) in [5.41, 5.74) is 0. The van der Waals surface area contributed by atoms with Crippen molar-refractivity contribution in [1.82, 2.24) is 4.57 Å². The first kappa shape index (κ1) is 9.27. The topological polar surface area (TPSA) is 51.5 Å². The summed E-state index contributed by atoms with van der Waals surface area (Å²) in [4.78, 5) is 11.1. The Morgan fingerprint density at radius 1 is 1.50 bits per heavy atom. The number of aliphatic carboxylic acids is 1. The number of hydrogen-bond acceptors (Lipinski definition) is 2. The molecule has 14 heavy (non-hydrogen) atoms. The van der Waals surface area contributed by atoms with Crippen LogP contribution in [-0.4, -0.2) is 28.9 Å². The van der Waals surface area contributed by atoms with Crippen LogP contribution < -0.4 is 0 Å². The second kappa shape index (κ2) is 3.84. The van der Waals surface area contributed by atoms with Crippen LogP contribution in [0.4, 0.5) is 0 Å². The Hall–Kier alpha value is -1.29. The lowest BCUT2D eigenvalue weighted by molar-refractivity contribution is -0.142. The van der Waals surface area contributed by atoms with Gasteiger partial charge in [-0.25, -0.2) is 4.79 Å². The number of carboxylic acid groups (broad SMARTS) is 1.